The summed E-state index contributed by atoms with van der Waals surface area (Å²) < 4.78 is 4.88. The highest BCUT2D eigenvalue weighted by molar-refractivity contribution is 7.12. The van der Waals surface area contributed by atoms with Crippen molar-refractivity contribution in [2.45, 2.75) is 32.7 Å². The zero-order valence-corrected chi connectivity index (χ0v) is 11.6. The van der Waals surface area contributed by atoms with Crippen LogP contribution in [0.3, 0.4) is 0 Å². The van der Waals surface area contributed by atoms with Gasteiger partial charge in [-0.25, -0.2) is 4.79 Å². The lowest BCUT2D eigenvalue weighted by Crippen LogP contribution is -2.21. The third-order valence-electron chi connectivity index (χ3n) is 3.00. The molecule has 0 saturated carbocycles. The van der Waals surface area contributed by atoms with Gasteiger partial charge in [0.2, 0.25) is 0 Å². The highest BCUT2D eigenvalue weighted by atomic mass is 32.1. The van der Waals surface area contributed by atoms with Crippen LogP contribution in [0.1, 0.15) is 28.7 Å². The largest absolute Gasteiger partial charge is 0.463 e. The van der Waals surface area contributed by atoms with Crippen molar-refractivity contribution in [2.24, 2.45) is 0 Å². The van der Waals surface area contributed by atoms with Crippen molar-refractivity contribution in [1.82, 2.24) is 5.32 Å². The molecule has 98 valence electrons. The van der Waals surface area contributed by atoms with Gasteiger partial charge < -0.3 is 10.1 Å². The monoisotopic (exact) mass is 265 g/mol. The molecule has 0 aromatic carbocycles. The van der Waals surface area contributed by atoms with E-state index in [9.17, 15) is 4.79 Å². The maximum atomic E-state index is 11.3. The molecule has 18 heavy (non-hydrogen) atoms. The molecular formula is C14H19NO2S. The molecule has 0 bridgehead atoms. The molecule has 1 aromatic heterocycles. The molecule has 0 fully saturated rings. The van der Waals surface area contributed by atoms with Gasteiger partial charge in [0.15, 0.2) is 0 Å². The van der Waals surface area contributed by atoms with Crippen LogP contribution in [-0.2, 0) is 28.9 Å². The first kappa shape index (κ1) is 13.3. The molecule has 1 aliphatic rings. The Bertz CT molecular complexity index is 429. The van der Waals surface area contributed by atoms with Crippen molar-refractivity contribution in [3.63, 3.8) is 0 Å². The predicted molar refractivity (Wildman–Crippen MR) is 73.8 cm³/mol. The Morgan fingerprint density at radius 3 is 3.11 bits per heavy atom. The van der Waals surface area contributed by atoms with Crippen LogP contribution in [0, 0.1) is 0 Å². The number of nitrogens with one attached hydrogen (secondary N) is 1. The zero-order chi connectivity index (χ0) is 13.0. The van der Waals surface area contributed by atoms with Crippen molar-refractivity contribution in [3.05, 3.63) is 33.5 Å². The molecule has 0 amide bonds. The van der Waals surface area contributed by atoms with Gasteiger partial charge in [-0.1, -0.05) is 6.58 Å². The minimum absolute atomic E-state index is 0.307. The smallest absolute Gasteiger partial charge is 0.334 e. The number of hydrogen-bond donors (Lipinski definition) is 1. The predicted octanol–water partition coefficient (Wildman–Crippen LogP) is 2.45. The minimum Gasteiger partial charge on any atom is -0.463 e. The first-order chi connectivity index (χ1) is 8.70. The van der Waals surface area contributed by atoms with E-state index in [0.717, 1.165) is 6.54 Å². The standard InChI is InChI=1S/C14H19NO2S/c1-3-17-14(16)10(2)8-15-9-12-7-11-5-4-6-13(11)18-12/h7,15H,2-6,8-9H2,1H3. The fourth-order valence-electron chi connectivity index (χ4n) is 2.12. The molecule has 0 saturated heterocycles. The maximum absolute atomic E-state index is 11.3. The summed E-state index contributed by atoms with van der Waals surface area (Å²) in [4.78, 5) is 14.2. The fraction of sp³-hybridized carbons (Fsp3) is 0.500. The minimum atomic E-state index is -0.307. The molecule has 0 unspecified atom stereocenters. The average molecular weight is 265 g/mol. The molecular weight excluding hydrogens is 246 g/mol. The highest BCUT2D eigenvalue weighted by Gasteiger charge is 2.14. The van der Waals surface area contributed by atoms with E-state index in [1.165, 1.54) is 34.6 Å². The number of carbonyl (C=O) groups excluding carboxylic acids is 1. The van der Waals surface area contributed by atoms with Crippen molar-refractivity contribution in [2.75, 3.05) is 13.2 Å². The highest BCUT2D eigenvalue weighted by Crippen LogP contribution is 2.30. The topological polar surface area (TPSA) is 38.3 Å². The molecule has 2 rings (SSSR count). The molecule has 0 radical (unpaired) electrons. The van der Waals surface area contributed by atoms with Crippen LogP contribution < -0.4 is 5.32 Å². The van der Waals surface area contributed by atoms with E-state index in [4.69, 9.17) is 4.74 Å². The van der Waals surface area contributed by atoms with Gasteiger partial charge in [0.25, 0.3) is 0 Å². The number of ether oxygens (including phenoxy) is 1. The third-order valence-corrected chi connectivity index (χ3v) is 4.24. The Kier molecular flexibility index (Phi) is 4.55. The SMILES string of the molecule is C=C(CNCc1cc2c(s1)CCC2)C(=O)OCC. The summed E-state index contributed by atoms with van der Waals surface area (Å²) in [5.74, 6) is -0.307. The van der Waals surface area contributed by atoms with Gasteiger partial charge in [-0.15, -0.1) is 11.3 Å². The van der Waals surface area contributed by atoms with E-state index in [2.05, 4.69) is 18.0 Å². The van der Waals surface area contributed by atoms with Gasteiger partial charge in [-0.05, 0) is 37.8 Å². The molecule has 0 aliphatic heterocycles. The van der Waals surface area contributed by atoms with Crippen LogP contribution in [0.4, 0.5) is 0 Å². The van der Waals surface area contributed by atoms with Crippen LogP contribution in [0.5, 0.6) is 0 Å². The molecule has 1 aliphatic carbocycles. The van der Waals surface area contributed by atoms with E-state index in [0.29, 0.717) is 18.7 Å². The zero-order valence-electron chi connectivity index (χ0n) is 10.8. The Hall–Kier alpha value is -1.13. The van der Waals surface area contributed by atoms with Gasteiger partial charge in [-0.2, -0.15) is 0 Å². The number of rotatable bonds is 6. The normalized spacial score (nSPS) is 13.4. The molecule has 4 heteroatoms. The summed E-state index contributed by atoms with van der Waals surface area (Å²) >= 11 is 1.88. The lowest BCUT2D eigenvalue weighted by Gasteiger charge is -2.06. The molecule has 0 spiro atoms. The van der Waals surface area contributed by atoms with Crippen molar-refractivity contribution >= 4 is 17.3 Å². The lowest BCUT2D eigenvalue weighted by molar-refractivity contribution is -0.138. The van der Waals surface area contributed by atoms with Crippen LogP contribution >= 0.6 is 11.3 Å². The number of aryl methyl sites for hydroxylation is 2. The number of hydrogen-bond acceptors (Lipinski definition) is 4. The van der Waals surface area contributed by atoms with Crippen molar-refractivity contribution in [3.8, 4) is 0 Å². The summed E-state index contributed by atoms with van der Waals surface area (Å²) in [6, 6.07) is 2.28. The fourth-order valence-corrected chi connectivity index (χ4v) is 3.35. The van der Waals surface area contributed by atoms with Gasteiger partial charge in [0, 0.05) is 28.4 Å². The second kappa shape index (κ2) is 6.16. The van der Waals surface area contributed by atoms with E-state index < -0.39 is 0 Å². The summed E-state index contributed by atoms with van der Waals surface area (Å²) in [5.41, 5.74) is 2.00. The van der Waals surface area contributed by atoms with Gasteiger partial charge in [0.05, 0.1) is 6.61 Å². The number of fused-ring (bicyclic) bond motifs is 1. The summed E-state index contributed by atoms with van der Waals surface area (Å²) in [5, 5.41) is 3.24. The lowest BCUT2D eigenvalue weighted by atomic mass is 10.2. The molecule has 3 nitrogen and oxygen atoms in total. The Labute approximate surface area is 112 Å². The van der Waals surface area contributed by atoms with Crippen molar-refractivity contribution in [1.29, 1.82) is 0 Å². The second-order valence-corrected chi connectivity index (χ2v) is 5.66. The van der Waals surface area contributed by atoms with Crippen LogP contribution in [0.25, 0.3) is 0 Å². The van der Waals surface area contributed by atoms with E-state index >= 15 is 0 Å². The van der Waals surface area contributed by atoms with Crippen LogP contribution in [0.2, 0.25) is 0 Å². The van der Waals surface area contributed by atoms with E-state index in [-0.39, 0.29) is 5.97 Å². The molecule has 1 aromatic rings. The van der Waals surface area contributed by atoms with E-state index in [1.807, 2.05) is 11.3 Å². The third kappa shape index (κ3) is 3.21. The van der Waals surface area contributed by atoms with Crippen LogP contribution in [0.15, 0.2) is 18.2 Å². The van der Waals surface area contributed by atoms with Gasteiger partial charge in [-0.3, -0.25) is 0 Å². The first-order valence-electron chi connectivity index (χ1n) is 6.36. The Balaban J connectivity index is 1.75. The Morgan fingerprint density at radius 1 is 1.56 bits per heavy atom. The maximum Gasteiger partial charge on any atom is 0.334 e. The van der Waals surface area contributed by atoms with E-state index in [1.54, 1.807) is 6.92 Å². The quantitative estimate of drug-likeness (QED) is 0.634. The number of thiophene rings is 1. The van der Waals surface area contributed by atoms with Gasteiger partial charge >= 0.3 is 5.97 Å². The number of esters is 1. The summed E-state index contributed by atoms with van der Waals surface area (Å²) in [7, 11) is 0. The van der Waals surface area contributed by atoms with Gasteiger partial charge in [0.1, 0.15) is 0 Å². The number of carbonyl (C=O) groups is 1. The Morgan fingerprint density at radius 2 is 2.39 bits per heavy atom. The molecule has 0 atom stereocenters. The first-order valence-corrected chi connectivity index (χ1v) is 7.18. The van der Waals surface area contributed by atoms with Crippen molar-refractivity contribution < 1.29 is 9.53 Å². The second-order valence-electron chi connectivity index (χ2n) is 4.44. The average Bonchev–Trinajstić information content (AvgIpc) is 2.89. The molecule has 1 heterocycles. The molecule has 1 N–H and O–H groups in total. The van der Waals surface area contributed by atoms with Crippen LogP contribution in [-0.4, -0.2) is 19.1 Å². The summed E-state index contributed by atoms with van der Waals surface area (Å²) in [6.07, 6.45) is 3.76. The summed E-state index contributed by atoms with van der Waals surface area (Å²) in [6.45, 7) is 7.21.